The lowest BCUT2D eigenvalue weighted by atomic mass is 10.3. The fourth-order valence-corrected chi connectivity index (χ4v) is 1.37. The Morgan fingerprint density at radius 1 is 1.53 bits per heavy atom. The third-order valence-electron chi connectivity index (χ3n) is 2.41. The number of hydrogen-bond acceptors (Lipinski definition) is 3. The summed E-state index contributed by atoms with van der Waals surface area (Å²) in [6.07, 6.45) is 2.15. The number of benzene rings is 1. The van der Waals surface area contributed by atoms with Crippen molar-refractivity contribution >= 4 is 11.6 Å². The molecule has 1 fully saturated rings. The van der Waals surface area contributed by atoms with Crippen LogP contribution in [0.2, 0.25) is 0 Å². The van der Waals surface area contributed by atoms with Gasteiger partial charge >= 0.3 is 0 Å². The average molecular weight is 238 g/mol. The van der Waals surface area contributed by atoms with Crippen LogP contribution < -0.4 is 21.3 Å². The van der Waals surface area contributed by atoms with E-state index in [0.29, 0.717) is 17.7 Å². The zero-order chi connectivity index (χ0) is 12.3. The first-order valence-corrected chi connectivity index (χ1v) is 5.38. The Balaban J connectivity index is 2.09. The summed E-state index contributed by atoms with van der Waals surface area (Å²) in [5.74, 6) is 5.55. The van der Waals surface area contributed by atoms with E-state index >= 15 is 0 Å². The van der Waals surface area contributed by atoms with Crippen molar-refractivity contribution in [3.63, 3.8) is 0 Å². The highest BCUT2D eigenvalue weighted by atomic mass is 19.1. The second-order valence-electron chi connectivity index (χ2n) is 3.83. The molecule has 1 saturated carbocycles. The van der Waals surface area contributed by atoms with Crippen molar-refractivity contribution in [1.29, 1.82) is 0 Å². The molecule has 92 valence electrons. The molecule has 0 amide bonds. The van der Waals surface area contributed by atoms with Crippen LogP contribution in [-0.4, -0.2) is 19.1 Å². The topological polar surface area (TPSA) is 71.7 Å². The second kappa shape index (κ2) is 5.01. The van der Waals surface area contributed by atoms with E-state index in [0.717, 1.165) is 12.8 Å². The summed E-state index contributed by atoms with van der Waals surface area (Å²) in [7, 11) is 1.42. The van der Waals surface area contributed by atoms with Gasteiger partial charge < -0.3 is 10.1 Å². The van der Waals surface area contributed by atoms with Gasteiger partial charge in [0.25, 0.3) is 0 Å². The van der Waals surface area contributed by atoms with Crippen LogP contribution in [0.3, 0.4) is 0 Å². The van der Waals surface area contributed by atoms with Gasteiger partial charge in [-0.3, -0.25) is 5.43 Å². The number of methoxy groups -OCH3 is 1. The highest BCUT2D eigenvalue weighted by Crippen LogP contribution is 2.24. The first kappa shape index (κ1) is 11.7. The highest BCUT2D eigenvalue weighted by molar-refractivity contribution is 5.93. The van der Waals surface area contributed by atoms with Gasteiger partial charge in [-0.05, 0) is 25.0 Å². The molecule has 0 unspecified atom stereocenters. The van der Waals surface area contributed by atoms with Crippen LogP contribution in [0.25, 0.3) is 0 Å². The van der Waals surface area contributed by atoms with Crippen LogP contribution in [0.1, 0.15) is 12.8 Å². The molecule has 0 bridgehead atoms. The molecular formula is C11H15FN4O. The van der Waals surface area contributed by atoms with Gasteiger partial charge in [0.1, 0.15) is 0 Å². The van der Waals surface area contributed by atoms with Gasteiger partial charge in [0.2, 0.25) is 5.96 Å². The molecular weight excluding hydrogens is 223 g/mol. The number of nitrogens with two attached hydrogens (primary N) is 1. The minimum absolute atomic E-state index is 0.205. The predicted octanol–water partition coefficient (Wildman–Crippen LogP) is 1.23. The molecule has 2 rings (SSSR count). The number of halogens is 1. The largest absolute Gasteiger partial charge is 0.494 e. The lowest BCUT2D eigenvalue weighted by Gasteiger charge is -2.10. The SMILES string of the molecule is COc1ccc(NC(=NC2CC2)NN)cc1F. The third-order valence-corrected chi connectivity index (χ3v) is 2.41. The minimum Gasteiger partial charge on any atom is -0.494 e. The maximum absolute atomic E-state index is 13.4. The van der Waals surface area contributed by atoms with Crippen LogP contribution in [0.4, 0.5) is 10.1 Å². The number of rotatable bonds is 3. The van der Waals surface area contributed by atoms with Crippen molar-refractivity contribution in [3.05, 3.63) is 24.0 Å². The molecule has 1 aliphatic carbocycles. The van der Waals surface area contributed by atoms with Gasteiger partial charge in [0, 0.05) is 11.8 Å². The minimum atomic E-state index is -0.430. The van der Waals surface area contributed by atoms with E-state index in [4.69, 9.17) is 10.6 Å². The number of ether oxygens (including phenoxy) is 1. The van der Waals surface area contributed by atoms with Crippen molar-refractivity contribution < 1.29 is 9.13 Å². The maximum Gasteiger partial charge on any atom is 0.210 e. The summed E-state index contributed by atoms with van der Waals surface area (Å²) in [5, 5.41) is 2.91. The molecule has 0 aliphatic heterocycles. The van der Waals surface area contributed by atoms with Crippen LogP contribution in [0.5, 0.6) is 5.75 Å². The fourth-order valence-electron chi connectivity index (χ4n) is 1.37. The van der Waals surface area contributed by atoms with Gasteiger partial charge in [-0.25, -0.2) is 15.2 Å². The van der Waals surface area contributed by atoms with Crippen molar-refractivity contribution in [2.24, 2.45) is 10.8 Å². The predicted molar refractivity (Wildman–Crippen MR) is 64.4 cm³/mol. The quantitative estimate of drug-likeness (QED) is 0.320. The Labute approximate surface area is 98.8 Å². The van der Waals surface area contributed by atoms with Crippen LogP contribution in [0.15, 0.2) is 23.2 Å². The van der Waals surface area contributed by atoms with Gasteiger partial charge in [0.15, 0.2) is 11.6 Å². The van der Waals surface area contributed by atoms with Crippen LogP contribution in [0, 0.1) is 5.82 Å². The highest BCUT2D eigenvalue weighted by Gasteiger charge is 2.21. The Hall–Kier alpha value is -1.82. The zero-order valence-electron chi connectivity index (χ0n) is 9.53. The molecule has 0 saturated heterocycles. The molecule has 17 heavy (non-hydrogen) atoms. The van der Waals surface area contributed by atoms with Gasteiger partial charge in [-0.1, -0.05) is 0 Å². The normalized spacial score (nSPS) is 15.6. The smallest absolute Gasteiger partial charge is 0.210 e. The summed E-state index contributed by atoms with van der Waals surface area (Å²) in [6, 6.07) is 4.90. The molecule has 0 heterocycles. The van der Waals surface area contributed by atoms with Crippen molar-refractivity contribution in [3.8, 4) is 5.75 Å². The van der Waals surface area contributed by atoms with Gasteiger partial charge in [0.05, 0.1) is 13.2 Å². The molecule has 4 N–H and O–H groups in total. The summed E-state index contributed by atoms with van der Waals surface area (Å²) in [6.45, 7) is 0. The molecule has 6 heteroatoms. The maximum atomic E-state index is 13.4. The molecule has 0 spiro atoms. The number of nitrogens with zero attached hydrogens (tertiary/aromatic N) is 1. The van der Waals surface area contributed by atoms with Crippen molar-refractivity contribution in [1.82, 2.24) is 5.43 Å². The molecule has 0 aromatic heterocycles. The van der Waals surface area contributed by atoms with Crippen LogP contribution in [-0.2, 0) is 0 Å². The molecule has 1 aliphatic rings. The molecule has 1 aromatic carbocycles. The Morgan fingerprint density at radius 3 is 2.82 bits per heavy atom. The third kappa shape index (κ3) is 3.07. The fraction of sp³-hybridized carbons (Fsp3) is 0.364. The van der Waals surface area contributed by atoms with Gasteiger partial charge in [-0.2, -0.15) is 0 Å². The number of aliphatic imine (C=N–C) groups is 1. The summed E-state index contributed by atoms with van der Waals surface area (Å²) in [4.78, 5) is 4.29. The number of hydrazine groups is 1. The molecule has 5 nitrogen and oxygen atoms in total. The standard InChI is InChI=1S/C11H15FN4O/c1-17-10-5-4-8(6-9(10)12)15-11(16-13)14-7-2-3-7/h4-7H,2-3,13H2,1H3,(H2,14,15,16). The second-order valence-corrected chi connectivity index (χ2v) is 3.83. The summed E-state index contributed by atoms with van der Waals surface area (Å²) in [5.41, 5.74) is 3.03. The lowest BCUT2D eigenvalue weighted by Crippen LogP contribution is -2.36. The number of hydrogen-bond donors (Lipinski definition) is 3. The summed E-state index contributed by atoms with van der Waals surface area (Å²) >= 11 is 0. The van der Waals surface area contributed by atoms with Crippen molar-refractivity contribution in [2.45, 2.75) is 18.9 Å². The average Bonchev–Trinajstić information content (AvgIpc) is 3.12. The molecule has 1 aromatic rings. The Morgan fingerprint density at radius 2 is 2.29 bits per heavy atom. The van der Waals surface area contributed by atoms with Gasteiger partial charge in [-0.15, -0.1) is 0 Å². The Kier molecular flexibility index (Phi) is 3.43. The first-order chi connectivity index (χ1) is 8.22. The molecule has 0 atom stereocenters. The first-order valence-electron chi connectivity index (χ1n) is 5.38. The summed E-state index contributed by atoms with van der Waals surface area (Å²) < 4.78 is 18.3. The monoisotopic (exact) mass is 238 g/mol. The number of nitrogens with one attached hydrogen (secondary N) is 2. The Bertz CT molecular complexity index is 431. The zero-order valence-corrected chi connectivity index (χ0v) is 9.53. The van der Waals surface area contributed by atoms with Crippen molar-refractivity contribution in [2.75, 3.05) is 12.4 Å². The van der Waals surface area contributed by atoms with E-state index in [2.05, 4.69) is 15.7 Å². The van der Waals surface area contributed by atoms with Crippen LogP contribution >= 0.6 is 0 Å². The van der Waals surface area contributed by atoms with E-state index in [1.807, 2.05) is 0 Å². The number of guanidine groups is 1. The van der Waals surface area contributed by atoms with E-state index < -0.39 is 5.82 Å². The van der Waals surface area contributed by atoms with E-state index in [1.165, 1.54) is 13.2 Å². The molecule has 0 radical (unpaired) electrons. The van der Waals surface area contributed by atoms with E-state index in [9.17, 15) is 4.39 Å². The number of anilines is 1. The van der Waals surface area contributed by atoms with E-state index in [-0.39, 0.29) is 5.75 Å². The lowest BCUT2D eigenvalue weighted by molar-refractivity contribution is 0.386. The van der Waals surface area contributed by atoms with E-state index in [1.54, 1.807) is 12.1 Å².